The molecule has 1 amide bonds. The van der Waals surface area contributed by atoms with Crippen molar-refractivity contribution in [3.63, 3.8) is 0 Å². The summed E-state index contributed by atoms with van der Waals surface area (Å²) in [6.45, 7) is 8.97. The van der Waals surface area contributed by atoms with E-state index >= 15 is 0 Å². The van der Waals surface area contributed by atoms with Crippen LogP contribution in [0.2, 0.25) is 0 Å². The van der Waals surface area contributed by atoms with Gasteiger partial charge in [0.1, 0.15) is 12.2 Å². The number of carbonyl (C=O) groups is 2. The van der Waals surface area contributed by atoms with Gasteiger partial charge in [-0.05, 0) is 27.2 Å². The lowest BCUT2D eigenvalue weighted by atomic mass is 10.2. The van der Waals surface area contributed by atoms with Crippen LogP contribution < -0.4 is 0 Å². The average Bonchev–Trinajstić information content (AvgIpc) is 2.66. The number of rotatable bonds is 3. The van der Waals surface area contributed by atoms with Crippen LogP contribution in [0.1, 0.15) is 27.2 Å². The Bertz CT molecular complexity index is 361. The highest BCUT2D eigenvalue weighted by Crippen LogP contribution is 2.22. The first-order valence-corrected chi connectivity index (χ1v) is 6.21. The topological polar surface area (TPSA) is 76.1 Å². The van der Waals surface area contributed by atoms with Crippen molar-refractivity contribution in [3.05, 3.63) is 12.7 Å². The molecule has 0 aliphatic carbocycles. The number of likely N-dealkylation sites (tertiary alicyclic amines) is 1. The van der Waals surface area contributed by atoms with E-state index in [1.807, 2.05) is 0 Å². The molecular formula is C13H21NO5. The fraction of sp³-hybridized carbons (Fsp3) is 0.692. The summed E-state index contributed by atoms with van der Waals surface area (Å²) in [6, 6.07) is -1.00. The van der Waals surface area contributed by atoms with Gasteiger partial charge >= 0.3 is 12.1 Å². The number of carbonyl (C=O) groups excluding carboxylic acids is 2. The second kappa shape index (κ2) is 6.06. The smallest absolute Gasteiger partial charge is 0.411 e. The lowest BCUT2D eigenvalue weighted by Crippen LogP contribution is -2.47. The number of hydrogen-bond acceptors (Lipinski definition) is 5. The number of aliphatic hydroxyl groups is 1. The third-order valence-corrected chi connectivity index (χ3v) is 2.58. The van der Waals surface area contributed by atoms with Crippen LogP contribution in [0.15, 0.2) is 12.7 Å². The van der Waals surface area contributed by atoms with Crippen molar-refractivity contribution in [2.45, 2.75) is 44.9 Å². The third kappa shape index (κ3) is 4.24. The summed E-state index contributed by atoms with van der Waals surface area (Å²) < 4.78 is 10.1. The highest BCUT2D eigenvalue weighted by molar-refractivity contribution is 5.83. The molecule has 0 aromatic heterocycles. The van der Waals surface area contributed by atoms with E-state index in [1.54, 1.807) is 20.8 Å². The molecule has 0 aromatic carbocycles. The molecule has 0 unspecified atom stereocenters. The Morgan fingerprint density at radius 1 is 1.47 bits per heavy atom. The molecule has 6 nitrogen and oxygen atoms in total. The van der Waals surface area contributed by atoms with Crippen LogP contribution in [0.25, 0.3) is 0 Å². The number of amides is 1. The number of ether oxygens (including phenoxy) is 2. The molecule has 0 saturated carbocycles. The molecule has 1 rings (SSSR count). The molecule has 1 N–H and O–H groups in total. The largest absolute Gasteiger partial charge is 0.460 e. The molecule has 0 radical (unpaired) electrons. The van der Waals surface area contributed by atoms with Gasteiger partial charge in [-0.3, -0.25) is 4.90 Å². The normalized spacial score (nSPS) is 23.1. The Balaban J connectivity index is 2.73. The Morgan fingerprint density at radius 3 is 2.63 bits per heavy atom. The third-order valence-electron chi connectivity index (χ3n) is 2.58. The molecule has 6 heteroatoms. The van der Waals surface area contributed by atoms with E-state index in [2.05, 4.69) is 6.58 Å². The van der Waals surface area contributed by atoms with Crippen molar-refractivity contribution >= 4 is 12.1 Å². The maximum atomic E-state index is 12.0. The number of hydrogen-bond donors (Lipinski definition) is 1. The van der Waals surface area contributed by atoms with Gasteiger partial charge in [-0.2, -0.15) is 0 Å². The predicted octanol–water partition coefficient (Wildman–Crippen LogP) is 1.09. The summed E-state index contributed by atoms with van der Waals surface area (Å²) in [6.07, 6.45) is 0.207. The van der Waals surface area contributed by atoms with Crippen molar-refractivity contribution in [1.29, 1.82) is 0 Å². The fourth-order valence-corrected chi connectivity index (χ4v) is 1.81. The second-order valence-electron chi connectivity index (χ2n) is 5.39. The molecular weight excluding hydrogens is 250 g/mol. The summed E-state index contributed by atoms with van der Waals surface area (Å²) in [5.74, 6) is -0.643. The Labute approximate surface area is 113 Å². The average molecular weight is 271 g/mol. The molecule has 1 aliphatic heterocycles. The molecule has 1 fully saturated rings. The minimum Gasteiger partial charge on any atom is -0.460 e. The van der Waals surface area contributed by atoms with Crippen LogP contribution in [-0.4, -0.2) is 53.0 Å². The van der Waals surface area contributed by atoms with Gasteiger partial charge in [0.15, 0.2) is 6.04 Å². The van der Waals surface area contributed by atoms with E-state index < -0.39 is 29.8 Å². The summed E-state index contributed by atoms with van der Waals surface area (Å²) in [4.78, 5) is 25.0. The highest BCUT2D eigenvalue weighted by atomic mass is 16.6. The number of esters is 1. The van der Waals surface area contributed by atoms with Gasteiger partial charge in [-0.15, -0.1) is 0 Å². The first-order valence-electron chi connectivity index (χ1n) is 6.21. The van der Waals surface area contributed by atoms with E-state index in [-0.39, 0.29) is 13.2 Å². The highest BCUT2D eigenvalue weighted by Gasteiger charge is 2.43. The SMILES string of the molecule is C=CCOC(=O)[C@@H]1[C@@H](O)CCN1C(=O)OC(C)(C)C. The molecule has 0 bridgehead atoms. The summed E-state index contributed by atoms with van der Waals surface area (Å²) in [5.41, 5.74) is -0.653. The van der Waals surface area contributed by atoms with Gasteiger partial charge in [0.25, 0.3) is 0 Å². The lowest BCUT2D eigenvalue weighted by Gasteiger charge is -2.28. The zero-order chi connectivity index (χ0) is 14.6. The Hall–Kier alpha value is -1.56. The maximum Gasteiger partial charge on any atom is 0.411 e. The van der Waals surface area contributed by atoms with Gasteiger partial charge in [0.05, 0.1) is 6.10 Å². The van der Waals surface area contributed by atoms with Crippen LogP contribution in [0, 0.1) is 0 Å². The van der Waals surface area contributed by atoms with Gasteiger partial charge in [-0.1, -0.05) is 12.7 Å². The standard InChI is InChI=1S/C13H21NO5/c1-5-8-18-11(16)10-9(15)6-7-14(10)12(17)19-13(2,3)4/h5,9-10,15H,1,6-8H2,2-4H3/t9-,10-/m0/s1. The Morgan fingerprint density at radius 2 is 2.11 bits per heavy atom. The molecule has 108 valence electrons. The summed E-state index contributed by atoms with van der Waals surface area (Å²) in [5, 5.41) is 9.80. The van der Waals surface area contributed by atoms with E-state index in [0.29, 0.717) is 6.42 Å². The van der Waals surface area contributed by atoms with Gasteiger partial charge in [0, 0.05) is 6.54 Å². The molecule has 19 heavy (non-hydrogen) atoms. The van der Waals surface area contributed by atoms with Crippen LogP contribution in [0.5, 0.6) is 0 Å². The second-order valence-corrected chi connectivity index (χ2v) is 5.39. The first kappa shape index (κ1) is 15.5. The maximum absolute atomic E-state index is 12.0. The minimum atomic E-state index is -1.00. The van der Waals surface area contributed by atoms with Gasteiger partial charge < -0.3 is 14.6 Å². The van der Waals surface area contributed by atoms with Crippen molar-refractivity contribution < 1.29 is 24.2 Å². The molecule has 1 heterocycles. The van der Waals surface area contributed by atoms with Crippen molar-refractivity contribution in [2.75, 3.05) is 13.2 Å². The fourth-order valence-electron chi connectivity index (χ4n) is 1.81. The van der Waals surface area contributed by atoms with Crippen LogP contribution in [0.4, 0.5) is 4.79 Å². The van der Waals surface area contributed by atoms with Crippen LogP contribution in [0.3, 0.4) is 0 Å². The van der Waals surface area contributed by atoms with Gasteiger partial charge in [-0.25, -0.2) is 9.59 Å². The minimum absolute atomic E-state index is 0.0458. The molecule has 1 aliphatic rings. The molecule has 1 saturated heterocycles. The first-order chi connectivity index (χ1) is 8.76. The van der Waals surface area contributed by atoms with Crippen LogP contribution >= 0.6 is 0 Å². The number of nitrogens with zero attached hydrogens (tertiary/aromatic N) is 1. The molecule has 0 aromatic rings. The van der Waals surface area contributed by atoms with Crippen molar-refractivity contribution in [3.8, 4) is 0 Å². The zero-order valence-corrected chi connectivity index (χ0v) is 11.6. The van der Waals surface area contributed by atoms with Crippen LogP contribution in [-0.2, 0) is 14.3 Å². The Kier molecular flexibility index (Phi) is 4.94. The van der Waals surface area contributed by atoms with E-state index in [0.717, 1.165) is 0 Å². The van der Waals surface area contributed by atoms with Gasteiger partial charge in [0.2, 0.25) is 0 Å². The quantitative estimate of drug-likeness (QED) is 0.614. The summed E-state index contributed by atoms with van der Waals surface area (Å²) in [7, 11) is 0. The molecule has 2 atom stereocenters. The van der Waals surface area contributed by atoms with E-state index in [4.69, 9.17) is 9.47 Å². The number of aliphatic hydroxyl groups excluding tert-OH is 1. The summed E-state index contributed by atoms with van der Waals surface area (Å²) >= 11 is 0. The predicted molar refractivity (Wildman–Crippen MR) is 68.5 cm³/mol. The van der Waals surface area contributed by atoms with Crippen molar-refractivity contribution in [2.24, 2.45) is 0 Å². The van der Waals surface area contributed by atoms with Crippen molar-refractivity contribution in [1.82, 2.24) is 4.90 Å². The zero-order valence-electron chi connectivity index (χ0n) is 11.6. The lowest BCUT2D eigenvalue weighted by molar-refractivity contribution is -0.150. The van der Waals surface area contributed by atoms with E-state index in [1.165, 1.54) is 11.0 Å². The molecule has 0 spiro atoms. The van der Waals surface area contributed by atoms with E-state index in [9.17, 15) is 14.7 Å². The monoisotopic (exact) mass is 271 g/mol.